The molecule has 0 aliphatic carbocycles. The van der Waals surface area contributed by atoms with Crippen molar-refractivity contribution in [2.24, 2.45) is 0 Å². The molecule has 0 spiro atoms. The van der Waals surface area contributed by atoms with Gasteiger partial charge in [-0.25, -0.2) is 0 Å². The standard InChI is InChI=1S/C7H9F3NP/c8-12(9,10)5-6-1-3-7(11)4-2-6/h1-4,12H,5,11H2. The molecule has 0 aliphatic heterocycles. The van der Waals surface area contributed by atoms with Gasteiger partial charge in [-0.1, -0.05) is 0 Å². The molecule has 0 amide bonds. The number of hydrogen-bond donors (Lipinski definition) is 1. The maximum absolute atomic E-state index is 11.9. The van der Waals surface area contributed by atoms with E-state index in [1.165, 1.54) is 24.3 Å². The number of halogens is 3. The number of anilines is 1. The SMILES string of the molecule is Nc1ccc(C[PH](F)(F)F)cc1. The minimum absolute atomic E-state index is 0.295. The Labute approximate surface area is 69.1 Å². The van der Waals surface area contributed by atoms with Crippen molar-refractivity contribution in [1.82, 2.24) is 0 Å². The first-order valence-corrected chi connectivity index (χ1v) is 5.23. The first-order valence-electron chi connectivity index (χ1n) is 3.38. The van der Waals surface area contributed by atoms with E-state index in [1.807, 2.05) is 0 Å². The molecule has 2 N–H and O–H groups in total. The van der Waals surface area contributed by atoms with Gasteiger partial charge in [0.25, 0.3) is 0 Å². The number of nitrogen functional groups attached to an aromatic ring is 1. The van der Waals surface area contributed by atoms with Gasteiger partial charge in [-0.15, -0.1) is 0 Å². The summed E-state index contributed by atoms with van der Waals surface area (Å²) in [6.07, 6.45) is -0.757. The molecule has 0 atom stereocenters. The van der Waals surface area contributed by atoms with Crippen LogP contribution in [0.3, 0.4) is 0 Å². The van der Waals surface area contributed by atoms with Crippen LogP contribution in [0.5, 0.6) is 0 Å². The molecule has 0 heterocycles. The second-order valence-electron chi connectivity index (χ2n) is 2.53. The van der Waals surface area contributed by atoms with E-state index >= 15 is 0 Å². The van der Waals surface area contributed by atoms with Crippen molar-refractivity contribution in [1.29, 1.82) is 0 Å². The monoisotopic (exact) mass is 195 g/mol. The van der Waals surface area contributed by atoms with Crippen LogP contribution in [0.2, 0.25) is 0 Å². The van der Waals surface area contributed by atoms with Gasteiger partial charge in [-0.3, -0.25) is 0 Å². The van der Waals surface area contributed by atoms with E-state index in [9.17, 15) is 12.6 Å². The maximum atomic E-state index is 11.9. The summed E-state index contributed by atoms with van der Waals surface area (Å²) in [4.78, 5) is 0. The summed E-state index contributed by atoms with van der Waals surface area (Å²) in [5.41, 5.74) is 6.10. The molecular formula is C7H9F3NP. The molecule has 5 heteroatoms. The van der Waals surface area contributed by atoms with Gasteiger partial charge in [0.05, 0.1) is 0 Å². The van der Waals surface area contributed by atoms with Crippen LogP contribution in [0.4, 0.5) is 18.3 Å². The van der Waals surface area contributed by atoms with Crippen LogP contribution in [-0.4, -0.2) is 0 Å². The second-order valence-corrected chi connectivity index (χ2v) is 4.12. The van der Waals surface area contributed by atoms with E-state index in [1.54, 1.807) is 0 Å². The van der Waals surface area contributed by atoms with Crippen LogP contribution in [0.25, 0.3) is 0 Å². The molecule has 0 aromatic heterocycles. The second kappa shape index (κ2) is 3.31. The Morgan fingerprint density at radius 1 is 1.08 bits per heavy atom. The fourth-order valence-corrected chi connectivity index (χ4v) is 1.57. The Morgan fingerprint density at radius 3 is 2.00 bits per heavy atom. The molecule has 0 fully saturated rings. The zero-order chi connectivity index (χ0) is 9.19. The number of rotatable bonds is 2. The minimum atomic E-state index is -5.46. The number of hydrogen-bond acceptors (Lipinski definition) is 1. The third-order valence-corrected chi connectivity index (χ3v) is 2.19. The molecule has 68 valence electrons. The fourth-order valence-electron chi connectivity index (χ4n) is 0.867. The molecule has 1 nitrogen and oxygen atoms in total. The van der Waals surface area contributed by atoms with Crippen LogP contribution in [0, 0.1) is 0 Å². The van der Waals surface area contributed by atoms with Crippen LogP contribution in [0.1, 0.15) is 5.56 Å². The Morgan fingerprint density at radius 2 is 1.58 bits per heavy atom. The van der Waals surface area contributed by atoms with E-state index in [-0.39, 0.29) is 0 Å². The van der Waals surface area contributed by atoms with Crippen molar-refractivity contribution < 1.29 is 12.6 Å². The van der Waals surface area contributed by atoms with Gasteiger partial charge in [0, 0.05) is 0 Å². The van der Waals surface area contributed by atoms with Gasteiger partial charge in [-0.2, -0.15) is 0 Å². The summed E-state index contributed by atoms with van der Waals surface area (Å²) in [7, 11) is -5.46. The van der Waals surface area contributed by atoms with Crippen LogP contribution >= 0.6 is 8.19 Å². The van der Waals surface area contributed by atoms with Crippen molar-refractivity contribution in [2.75, 3.05) is 5.73 Å². The van der Waals surface area contributed by atoms with E-state index in [2.05, 4.69) is 0 Å². The molecule has 1 aromatic carbocycles. The topological polar surface area (TPSA) is 26.0 Å². The predicted octanol–water partition coefficient (Wildman–Crippen LogP) is 3.17. The molecule has 0 saturated heterocycles. The summed E-state index contributed by atoms with van der Waals surface area (Å²) in [5, 5.41) is 0. The molecular weight excluding hydrogens is 186 g/mol. The van der Waals surface area contributed by atoms with Crippen LogP contribution in [0.15, 0.2) is 24.3 Å². The summed E-state index contributed by atoms with van der Waals surface area (Å²) in [5.74, 6) is 0. The number of nitrogens with two attached hydrogens (primary N) is 1. The Kier molecular flexibility index (Phi) is 2.58. The summed E-state index contributed by atoms with van der Waals surface area (Å²) in [6, 6.07) is 5.79. The summed E-state index contributed by atoms with van der Waals surface area (Å²) < 4.78 is 35.8. The van der Waals surface area contributed by atoms with E-state index < -0.39 is 14.4 Å². The fraction of sp³-hybridized carbons (Fsp3) is 0.143. The quantitative estimate of drug-likeness (QED) is 0.569. The van der Waals surface area contributed by atoms with Crippen molar-refractivity contribution in [3.63, 3.8) is 0 Å². The Hall–Kier alpha value is -0.760. The average Bonchev–Trinajstić information content (AvgIpc) is 1.91. The molecule has 12 heavy (non-hydrogen) atoms. The predicted molar refractivity (Wildman–Crippen MR) is 46.2 cm³/mol. The molecule has 0 radical (unpaired) electrons. The molecule has 0 unspecified atom stereocenters. The van der Waals surface area contributed by atoms with Gasteiger partial charge in [-0.05, 0) is 0 Å². The van der Waals surface area contributed by atoms with E-state index in [0.29, 0.717) is 11.3 Å². The van der Waals surface area contributed by atoms with Crippen LogP contribution < -0.4 is 5.73 Å². The summed E-state index contributed by atoms with van der Waals surface area (Å²) >= 11 is 0. The Bertz CT molecular complexity index is 254. The molecule has 1 rings (SSSR count). The molecule has 1 aromatic rings. The summed E-state index contributed by atoms with van der Waals surface area (Å²) in [6.45, 7) is 0. The third-order valence-electron chi connectivity index (χ3n) is 1.38. The molecule has 0 bridgehead atoms. The van der Waals surface area contributed by atoms with E-state index in [0.717, 1.165) is 0 Å². The van der Waals surface area contributed by atoms with Gasteiger partial charge < -0.3 is 0 Å². The van der Waals surface area contributed by atoms with Gasteiger partial charge in [0.2, 0.25) is 0 Å². The van der Waals surface area contributed by atoms with Crippen molar-refractivity contribution in [3.8, 4) is 0 Å². The van der Waals surface area contributed by atoms with Gasteiger partial charge >= 0.3 is 68.2 Å². The molecule has 0 aliphatic rings. The van der Waals surface area contributed by atoms with Crippen molar-refractivity contribution in [3.05, 3.63) is 29.8 Å². The zero-order valence-corrected chi connectivity index (χ0v) is 7.23. The van der Waals surface area contributed by atoms with Crippen LogP contribution in [-0.2, 0) is 6.16 Å². The first-order chi connectivity index (χ1) is 5.47. The van der Waals surface area contributed by atoms with Gasteiger partial charge in [0.15, 0.2) is 0 Å². The van der Waals surface area contributed by atoms with Crippen molar-refractivity contribution >= 4 is 13.9 Å². The van der Waals surface area contributed by atoms with E-state index in [4.69, 9.17) is 5.73 Å². The normalized spacial score (nSPS) is 12.9. The molecule has 0 saturated carbocycles. The van der Waals surface area contributed by atoms with Gasteiger partial charge in [0.1, 0.15) is 0 Å². The van der Waals surface area contributed by atoms with Crippen molar-refractivity contribution in [2.45, 2.75) is 6.16 Å². The first kappa shape index (κ1) is 9.33. The average molecular weight is 195 g/mol. The third kappa shape index (κ3) is 3.09. The number of benzene rings is 1. The Balaban J connectivity index is 2.71. The zero-order valence-electron chi connectivity index (χ0n) is 6.23.